The lowest BCUT2D eigenvalue weighted by Crippen LogP contribution is -2.45. The van der Waals surface area contributed by atoms with E-state index in [0.717, 1.165) is 11.1 Å². The van der Waals surface area contributed by atoms with Crippen LogP contribution in [0, 0.1) is 0 Å². The molecule has 0 aliphatic rings. The predicted molar refractivity (Wildman–Crippen MR) is 107 cm³/mol. The molecule has 2 rings (SSSR count). The zero-order valence-corrected chi connectivity index (χ0v) is 16.2. The summed E-state index contributed by atoms with van der Waals surface area (Å²) in [6.45, 7) is -0.629. The number of carbonyl (C=O) groups excluding carboxylic acids is 4. The van der Waals surface area contributed by atoms with E-state index in [1.54, 1.807) is 24.3 Å². The Morgan fingerprint density at radius 2 is 1.57 bits per heavy atom. The Morgan fingerprint density at radius 1 is 0.900 bits per heavy atom. The summed E-state index contributed by atoms with van der Waals surface area (Å²) in [4.78, 5) is 46.4. The van der Waals surface area contributed by atoms with E-state index < -0.39 is 23.9 Å². The van der Waals surface area contributed by atoms with E-state index >= 15 is 0 Å². The summed E-state index contributed by atoms with van der Waals surface area (Å²) in [5.74, 6) is -1.03. The smallest absolute Gasteiger partial charge is 0.407 e. The number of rotatable bonds is 10. The first kappa shape index (κ1) is 22.4. The molecule has 30 heavy (non-hydrogen) atoms. The number of ether oxygens (including phenoxy) is 1. The van der Waals surface area contributed by atoms with Gasteiger partial charge in [-0.3, -0.25) is 9.59 Å². The first-order valence-electron chi connectivity index (χ1n) is 9.20. The van der Waals surface area contributed by atoms with Gasteiger partial charge in [-0.1, -0.05) is 42.5 Å². The van der Waals surface area contributed by atoms with E-state index in [-0.39, 0.29) is 31.9 Å². The number of phenols is 1. The summed E-state index contributed by atoms with van der Waals surface area (Å²) >= 11 is 0. The molecule has 0 aromatic heterocycles. The fraction of sp³-hybridized carbons (Fsp3) is 0.238. The van der Waals surface area contributed by atoms with Crippen LogP contribution in [-0.4, -0.2) is 48.4 Å². The number of nitrogens with one attached hydrogen (secondary N) is 3. The standard InChI is InChI=1S/C21H23N3O6/c25-13-17(10-15-6-8-18(26)9-7-15)24-20(28)12-22-19(27)11-23-21(29)30-14-16-4-2-1-3-5-16/h1-9,13,17,26H,10-12,14H2,(H,22,27)(H,23,29)(H,24,28)/t17-/m0/s1. The normalized spacial score (nSPS) is 11.1. The van der Waals surface area contributed by atoms with Gasteiger partial charge < -0.3 is 30.6 Å². The molecule has 0 spiro atoms. The molecule has 2 aromatic rings. The molecule has 0 unspecified atom stereocenters. The van der Waals surface area contributed by atoms with Crippen molar-refractivity contribution in [3.63, 3.8) is 0 Å². The maximum absolute atomic E-state index is 11.9. The second-order valence-electron chi connectivity index (χ2n) is 6.37. The number of phenolic OH excluding ortho intramolecular Hbond substituents is 1. The summed E-state index contributed by atoms with van der Waals surface area (Å²) in [7, 11) is 0. The fourth-order valence-corrected chi connectivity index (χ4v) is 2.44. The fourth-order valence-electron chi connectivity index (χ4n) is 2.44. The van der Waals surface area contributed by atoms with Crippen LogP contribution in [0.1, 0.15) is 11.1 Å². The molecular weight excluding hydrogens is 390 g/mol. The largest absolute Gasteiger partial charge is 0.508 e. The van der Waals surface area contributed by atoms with Crippen LogP contribution in [0.15, 0.2) is 54.6 Å². The maximum Gasteiger partial charge on any atom is 0.407 e. The molecule has 9 heteroatoms. The molecular formula is C21H23N3O6. The van der Waals surface area contributed by atoms with Gasteiger partial charge in [0.1, 0.15) is 25.2 Å². The number of benzene rings is 2. The third kappa shape index (κ3) is 8.42. The van der Waals surface area contributed by atoms with E-state index in [1.165, 1.54) is 12.1 Å². The third-order valence-electron chi connectivity index (χ3n) is 3.95. The third-order valence-corrected chi connectivity index (χ3v) is 3.95. The minimum Gasteiger partial charge on any atom is -0.508 e. The van der Waals surface area contributed by atoms with Crippen LogP contribution < -0.4 is 16.0 Å². The van der Waals surface area contributed by atoms with Gasteiger partial charge in [-0.15, -0.1) is 0 Å². The van der Waals surface area contributed by atoms with E-state index in [1.807, 2.05) is 18.2 Å². The minimum absolute atomic E-state index is 0.0742. The zero-order valence-electron chi connectivity index (χ0n) is 16.2. The zero-order chi connectivity index (χ0) is 21.8. The van der Waals surface area contributed by atoms with Crippen molar-refractivity contribution in [2.75, 3.05) is 13.1 Å². The van der Waals surface area contributed by atoms with Gasteiger partial charge in [-0.05, 0) is 29.7 Å². The van der Waals surface area contributed by atoms with Crippen molar-refractivity contribution >= 4 is 24.2 Å². The second-order valence-corrected chi connectivity index (χ2v) is 6.37. The molecule has 9 nitrogen and oxygen atoms in total. The molecule has 1 atom stereocenters. The Bertz CT molecular complexity index is 855. The molecule has 0 aliphatic carbocycles. The van der Waals surface area contributed by atoms with Gasteiger partial charge in [-0.25, -0.2) is 4.79 Å². The molecule has 0 fully saturated rings. The molecule has 2 aromatic carbocycles. The van der Waals surface area contributed by atoms with E-state index in [9.17, 15) is 24.3 Å². The van der Waals surface area contributed by atoms with Crippen molar-refractivity contribution in [2.24, 2.45) is 0 Å². The number of aldehydes is 1. The monoisotopic (exact) mass is 413 g/mol. The van der Waals surface area contributed by atoms with Crippen LogP contribution in [0.2, 0.25) is 0 Å². The highest BCUT2D eigenvalue weighted by Gasteiger charge is 2.13. The number of carbonyl (C=O) groups is 4. The minimum atomic E-state index is -0.773. The molecule has 158 valence electrons. The summed E-state index contributed by atoms with van der Waals surface area (Å²) in [6, 6.07) is 14.5. The second kappa shape index (κ2) is 11.8. The number of alkyl carbamates (subject to hydrolysis) is 1. The maximum atomic E-state index is 11.9. The van der Waals surface area contributed by atoms with Crippen LogP contribution in [-0.2, 0) is 32.1 Å². The molecule has 0 saturated heterocycles. The summed E-state index contributed by atoms with van der Waals surface area (Å²) in [5.41, 5.74) is 1.57. The molecule has 0 bridgehead atoms. The van der Waals surface area contributed by atoms with Gasteiger partial charge in [0.15, 0.2) is 0 Å². The van der Waals surface area contributed by atoms with Crippen molar-refractivity contribution in [1.82, 2.24) is 16.0 Å². The van der Waals surface area contributed by atoms with Gasteiger partial charge in [0, 0.05) is 0 Å². The molecule has 0 saturated carbocycles. The van der Waals surface area contributed by atoms with Crippen LogP contribution in [0.3, 0.4) is 0 Å². The van der Waals surface area contributed by atoms with Crippen LogP contribution >= 0.6 is 0 Å². The summed E-state index contributed by atoms with van der Waals surface area (Å²) in [5, 5.41) is 16.4. The van der Waals surface area contributed by atoms with Gasteiger partial charge in [0.25, 0.3) is 0 Å². The number of hydrogen-bond donors (Lipinski definition) is 4. The lowest BCUT2D eigenvalue weighted by atomic mass is 10.1. The molecule has 4 N–H and O–H groups in total. The number of amides is 3. The van der Waals surface area contributed by atoms with E-state index in [0.29, 0.717) is 6.29 Å². The van der Waals surface area contributed by atoms with Gasteiger partial charge in [0.2, 0.25) is 11.8 Å². The SMILES string of the molecule is O=C[C@H](Cc1ccc(O)cc1)NC(=O)CNC(=O)CNC(=O)OCc1ccccc1. The lowest BCUT2D eigenvalue weighted by Gasteiger charge is -2.13. The van der Waals surface area contributed by atoms with E-state index in [4.69, 9.17) is 4.74 Å². The summed E-state index contributed by atoms with van der Waals surface area (Å²) in [6.07, 6.45) is 0.0863. The van der Waals surface area contributed by atoms with E-state index in [2.05, 4.69) is 16.0 Å². The van der Waals surface area contributed by atoms with Crippen molar-refractivity contribution in [3.05, 3.63) is 65.7 Å². The van der Waals surface area contributed by atoms with Crippen molar-refractivity contribution in [3.8, 4) is 5.75 Å². The number of hydrogen-bond acceptors (Lipinski definition) is 6. The predicted octanol–water partition coefficient (Wildman–Crippen LogP) is 0.661. The van der Waals surface area contributed by atoms with Gasteiger partial charge in [-0.2, -0.15) is 0 Å². The Labute approximate surface area is 173 Å². The molecule has 0 radical (unpaired) electrons. The van der Waals surface area contributed by atoms with Gasteiger partial charge >= 0.3 is 6.09 Å². The Hall–Kier alpha value is -3.88. The Balaban J connectivity index is 1.64. The first-order chi connectivity index (χ1) is 14.5. The highest BCUT2D eigenvalue weighted by atomic mass is 16.5. The quantitative estimate of drug-likeness (QED) is 0.423. The van der Waals surface area contributed by atoms with Crippen molar-refractivity contribution in [1.29, 1.82) is 0 Å². The Kier molecular flexibility index (Phi) is 8.85. The average Bonchev–Trinajstić information content (AvgIpc) is 2.76. The van der Waals surface area contributed by atoms with Crippen molar-refractivity contribution in [2.45, 2.75) is 19.1 Å². The van der Waals surface area contributed by atoms with Crippen LogP contribution in [0.25, 0.3) is 0 Å². The Morgan fingerprint density at radius 3 is 2.23 bits per heavy atom. The highest BCUT2D eigenvalue weighted by molar-refractivity contribution is 5.88. The van der Waals surface area contributed by atoms with Gasteiger partial charge in [0.05, 0.1) is 12.6 Å². The number of aromatic hydroxyl groups is 1. The van der Waals surface area contributed by atoms with Crippen molar-refractivity contribution < 1.29 is 29.0 Å². The average molecular weight is 413 g/mol. The lowest BCUT2D eigenvalue weighted by molar-refractivity contribution is -0.126. The molecule has 0 aliphatic heterocycles. The molecule has 3 amide bonds. The van der Waals surface area contributed by atoms with Crippen LogP contribution in [0.5, 0.6) is 5.75 Å². The first-order valence-corrected chi connectivity index (χ1v) is 9.20. The highest BCUT2D eigenvalue weighted by Crippen LogP contribution is 2.10. The topological polar surface area (TPSA) is 134 Å². The molecule has 0 heterocycles. The van der Waals surface area contributed by atoms with Crippen LogP contribution in [0.4, 0.5) is 4.79 Å². The summed E-state index contributed by atoms with van der Waals surface area (Å²) < 4.78 is 4.97.